The molecule has 26 heavy (non-hydrogen) atoms. The van der Waals surface area contributed by atoms with Gasteiger partial charge in [-0.1, -0.05) is 41.5 Å². The van der Waals surface area contributed by atoms with Crippen molar-refractivity contribution in [2.75, 3.05) is 33.1 Å². The number of likely N-dealkylation sites (N-methyl/N-ethyl adjacent to an activating group) is 1. The molecule has 0 bridgehead atoms. The van der Waals surface area contributed by atoms with Gasteiger partial charge in [-0.05, 0) is 24.3 Å². The van der Waals surface area contributed by atoms with Gasteiger partial charge in [0.2, 0.25) is 5.69 Å². The average Bonchev–Trinajstić information content (AvgIpc) is 2.70. The molecule has 0 aromatic heterocycles. The van der Waals surface area contributed by atoms with E-state index in [1.165, 1.54) is 27.7 Å². The maximum atomic E-state index is 3.55. The van der Waals surface area contributed by atoms with Crippen LogP contribution in [-0.4, -0.2) is 44.1 Å². The molecule has 0 amide bonds. The Kier molecular flexibility index (Phi) is 11.8. The van der Waals surface area contributed by atoms with Crippen LogP contribution in [0, 0.1) is 0 Å². The highest BCUT2D eigenvalue weighted by molar-refractivity contribution is 8.01. The van der Waals surface area contributed by atoms with Gasteiger partial charge in [-0.2, -0.15) is 0 Å². The van der Waals surface area contributed by atoms with Crippen molar-refractivity contribution in [2.24, 2.45) is 0 Å². The number of nitrogens with one attached hydrogen (secondary N) is 1. The summed E-state index contributed by atoms with van der Waals surface area (Å²) in [7, 11) is 8.32. The van der Waals surface area contributed by atoms with Crippen molar-refractivity contribution in [1.29, 1.82) is 0 Å². The summed E-state index contributed by atoms with van der Waals surface area (Å²) in [6.07, 6.45) is 6.67. The average molecular weight is 377 g/mol. The first-order valence-corrected chi connectivity index (χ1v) is 10.6. The number of hydrogen-bond donors (Lipinski definition) is 1. The summed E-state index contributed by atoms with van der Waals surface area (Å²) in [6.45, 7) is 12.0. The van der Waals surface area contributed by atoms with Crippen LogP contribution in [0.2, 0.25) is 0 Å². The van der Waals surface area contributed by atoms with Crippen LogP contribution in [0.15, 0.2) is 47.0 Å². The Bertz CT molecular complexity index is 628. The first-order chi connectivity index (χ1) is 12.5. The van der Waals surface area contributed by atoms with E-state index in [9.17, 15) is 0 Å². The second-order valence-corrected chi connectivity index (χ2v) is 6.70. The van der Waals surface area contributed by atoms with Gasteiger partial charge < -0.3 is 9.80 Å². The van der Waals surface area contributed by atoms with Gasteiger partial charge in [0.25, 0.3) is 0 Å². The second-order valence-electron chi connectivity index (χ2n) is 5.51. The summed E-state index contributed by atoms with van der Waals surface area (Å²) in [5.41, 5.74) is 4.98. The predicted octanol–water partition coefficient (Wildman–Crippen LogP) is 4.47. The molecule has 1 aliphatic carbocycles. The van der Waals surface area contributed by atoms with Crippen LogP contribution < -0.4 is 9.89 Å². The zero-order valence-electron chi connectivity index (χ0n) is 18.3. The SMILES string of the molecule is CC.CC.CC.CN(C)C1=CC2Sc3cc(N(C)C)ccc3[NH+]=C2C=C1. The number of rotatable bonds is 2. The lowest BCUT2D eigenvalue weighted by Gasteiger charge is -2.23. The summed E-state index contributed by atoms with van der Waals surface area (Å²) >= 11 is 1.91. The third-order valence-electron chi connectivity index (χ3n) is 3.59. The lowest BCUT2D eigenvalue weighted by molar-refractivity contribution is -0.357. The van der Waals surface area contributed by atoms with Gasteiger partial charge >= 0.3 is 0 Å². The van der Waals surface area contributed by atoms with E-state index in [4.69, 9.17) is 0 Å². The predicted molar refractivity (Wildman–Crippen MR) is 121 cm³/mol. The number of thioether (sulfide) groups is 1. The molecule has 0 spiro atoms. The summed E-state index contributed by atoms with van der Waals surface area (Å²) < 4.78 is 0. The minimum Gasteiger partial charge on any atom is -0.378 e. The molecule has 1 aromatic rings. The van der Waals surface area contributed by atoms with Gasteiger partial charge in [-0.25, -0.2) is 4.99 Å². The smallest absolute Gasteiger partial charge is 0.217 e. The minimum absolute atomic E-state index is 0.377. The van der Waals surface area contributed by atoms with Crippen molar-refractivity contribution in [3.63, 3.8) is 0 Å². The molecular weight excluding hydrogens is 338 g/mol. The van der Waals surface area contributed by atoms with Crippen LogP contribution in [0.1, 0.15) is 41.5 Å². The second kappa shape index (κ2) is 12.6. The van der Waals surface area contributed by atoms with Crippen LogP contribution >= 0.6 is 11.8 Å². The fraction of sp³-hybridized carbons (Fsp3) is 0.500. The first kappa shape index (κ1) is 24.3. The Labute approximate surface area is 165 Å². The van der Waals surface area contributed by atoms with Gasteiger partial charge in [-0.15, -0.1) is 11.8 Å². The number of allylic oxidation sites excluding steroid dienone is 2. The Morgan fingerprint density at radius 3 is 2.00 bits per heavy atom. The largest absolute Gasteiger partial charge is 0.378 e. The maximum absolute atomic E-state index is 3.55. The highest BCUT2D eigenvalue weighted by atomic mass is 32.2. The lowest BCUT2D eigenvalue weighted by atomic mass is 10.1. The molecule has 0 saturated heterocycles. The maximum Gasteiger partial charge on any atom is 0.217 e. The molecule has 1 unspecified atom stereocenters. The molecule has 1 atom stereocenters. The highest BCUT2D eigenvalue weighted by Crippen LogP contribution is 2.35. The van der Waals surface area contributed by atoms with E-state index in [1.54, 1.807) is 0 Å². The highest BCUT2D eigenvalue weighted by Gasteiger charge is 2.29. The number of nitrogens with zero attached hydrogens (tertiary/aromatic N) is 2. The standard InChI is InChI=1S/C16H19N3S.3C2H6/c1-18(2)11-5-7-13-15(9-11)20-16-10-12(19(3)4)6-8-14(16)17-13;3*1-2/h5-10,15H,1-4H3;3*1-2H3/p+1. The minimum atomic E-state index is 0.377. The molecular formula is C22H38N3S+. The molecule has 1 heterocycles. The summed E-state index contributed by atoms with van der Waals surface area (Å²) in [4.78, 5) is 9.16. The van der Waals surface area contributed by atoms with Gasteiger partial charge in [0.15, 0.2) is 5.71 Å². The molecule has 146 valence electrons. The third kappa shape index (κ3) is 6.24. The topological polar surface area (TPSA) is 20.5 Å². The monoisotopic (exact) mass is 376 g/mol. The molecule has 4 heteroatoms. The van der Waals surface area contributed by atoms with Crippen LogP contribution in [-0.2, 0) is 0 Å². The van der Waals surface area contributed by atoms with E-state index in [0.29, 0.717) is 5.25 Å². The van der Waals surface area contributed by atoms with Gasteiger partial charge in [-0.3, -0.25) is 0 Å². The van der Waals surface area contributed by atoms with Crippen LogP contribution in [0.4, 0.5) is 11.4 Å². The van der Waals surface area contributed by atoms with Crippen molar-refractivity contribution in [2.45, 2.75) is 51.7 Å². The summed E-state index contributed by atoms with van der Waals surface area (Å²) in [6, 6.07) is 6.58. The first-order valence-electron chi connectivity index (χ1n) is 9.74. The van der Waals surface area contributed by atoms with E-state index in [1.807, 2.05) is 53.3 Å². The van der Waals surface area contributed by atoms with Crippen molar-refractivity contribution in [1.82, 2.24) is 4.90 Å². The van der Waals surface area contributed by atoms with Crippen LogP contribution in [0.25, 0.3) is 0 Å². The fourth-order valence-corrected chi connectivity index (χ4v) is 3.54. The molecule has 2 aliphatic rings. The van der Waals surface area contributed by atoms with Gasteiger partial charge in [0, 0.05) is 51.7 Å². The summed E-state index contributed by atoms with van der Waals surface area (Å²) in [5.74, 6) is 0. The van der Waals surface area contributed by atoms with E-state index < -0.39 is 0 Å². The van der Waals surface area contributed by atoms with Gasteiger partial charge in [0.1, 0.15) is 5.25 Å². The molecule has 0 saturated carbocycles. The third-order valence-corrected chi connectivity index (χ3v) is 4.83. The van der Waals surface area contributed by atoms with Crippen molar-refractivity contribution in [3.8, 4) is 0 Å². The molecule has 0 radical (unpaired) electrons. The van der Waals surface area contributed by atoms with E-state index in [2.05, 4.69) is 79.4 Å². The lowest BCUT2D eigenvalue weighted by Crippen LogP contribution is -2.70. The van der Waals surface area contributed by atoms with Gasteiger partial charge in [0.05, 0.1) is 4.90 Å². The normalized spacial score (nSPS) is 15.8. The van der Waals surface area contributed by atoms with Crippen molar-refractivity contribution in [3.05, 3.63) is 42.1 Å². The van der Waals surface area contributed by atoms with Crippen molar-refractivity contribution >= 4 is 28.8 Å². The fourth-order valence-electron chi connectivity index (χ4n) is 2.36. The number of benzene rings is 1. The van der Waals surface area contributed by atoms with Crippen molar-refractivity contribution < 1.29 is 4.99 Å². The zero-order chi connectivity index (χ0) is 20.3. The molecule has 1 aromatic carbocycles. The number of fused-ring (bicyclic) bond motifs is 2. The van der Waals surface area contributed by atoms with E-state index in [0.717, 1.165) is 0 Å². The number of anilines is 1. The van der Waals surface area contributed by atoms with Crippen LogP contribution in [0.3, 0.4) is 0 Å². The molecule has 0 fully saturated rings. The molecule has 1 aliphatic heterocycles. The molecule has 3 nitrogen and oxygen atoms in total. The Balaban J connectivity index is 0.000000948. The quantitative estimate of drug-likeness (QED) is 0.822. The number of hydrogen-bond acceptors (Lipinski definition) is 3. The van der Waals surface area contributed by atoms with E-state index >= 15 is 0 Å². The van der Waals surface area contributed by atoms with Crippen LogP contribution in [0.5, 0.6) is 0 Å². The molecule has 3 rings (SSSR count). The Morgan fingerprint density at radius 1 is 0.846 bits per heavy atom. The zero-order valence-corrected chi connectivity index (χ0v) is 19.2. The van der Waals surface area contributed by atoms with E-state index in [-0.39, 0.29) is 0 Å². The summed E-state index contributed by atoms with van der Waals surface area (Å²) in [5, 5.41) is 0.377. The Hall–Kier alpha value is -1.68. The molecule has 1 N–H and O–H groups in total. The Morgan fingerprint density at radius 2 is 1.46 bits per heavy atom.